The second-order valence-electron chi connectivity index (χ2n) is 9.64. The smallest absolute Gasteiger partial charge is 0.263 e. The molecular formula is C27H29FN4O4. The van der Waals surface area contributed by atoms with E-state index in [-0.39, 0.29) is 24.3 Å². The van der Waals surface area contributed by atoms with Crippen LogP contribution in [0.2, 0.25) is 0 Å². The van der Waals surface area contributed by atoms with Gasteiger partial charge < -0.3 is 15.5 Å². The second kappa shape index (κ2) is 10.1. The summed E-state index contributed by atoms with van der Waals surface area (Å²) in [7, 11) is 0. The average Bonchev–Trinajstić information content (AvgIpc) is 3.00. The highest BCUT2D eigenvalue weighted by molar-refractivity contribution is 6.23. The monoisotopic (exact) mass is 492 g/mol. The average molecular weight is 493 g/mol. The molecule has 0 bridgehead atoms. The van der Waals surface area contributed by atoms with Crippen molar-refractivity contribution in [1.29, 1.82) is 0 Å². The first kappa shape index (κ1) is 24.0. The van der Waals surface area contributed by atoms with Crippen LogP contribution in [0.3, 0.4) is 0 Å². The van der Waals surface area contributed by atoms with Gasteiger partial charge in [-0.3, -0.25) is 24.1 Å². The van der Waals surface area contributed by atoms with Gasteiger partial charge in [-0.25, -0.2) is 4.39 Å². The van der Waals surface area contributed by atoms with Crippen LogP contribution in [0, 0.1) is 11.7 Å². The number of nitrogens with one attached hydrogen (secondary N) is 2. The normalized spacial score (nSPS) is 20.7. The van der Waals surface area contributed by atoms with E-state index in [1.807, 2.05) is 11.0 Å². The van der Waals surface area contributed by atoms with Gasteiger partial charge in [0.1, 0.15) is 11.9 Å². The molecule has 5 rings (SSSR count). The minimum atomic E-state index is -0.483. The van der Waals surface area contributed by atoms with Gasteiger partial charge >= 0.3 is 0 Å². The molecule has 3 aliphatic heterocycles. The molecular weight excluding hydrogens is 463 g/mol. The minimum absolute atomic E-state index is 0.000532. The van der Waals surface area contributed by atoms with Crippen LogP contribution in [0.25, 0.3) is 0 Å². The molecule has 2 aromatic carbocycles. The summed E-state index contributed by atoms with van der Waals surface area (Å²) in [5.74, 6) is -1.65. The van der Waals surface area contributed by atoms with Crippen LogP contribution in [0.15, 0.2) is 42.5 Å². The summed E-state index contributed by atoms with van der Waals surface area (Å²) < 4.78 is 13.6. The Kier molecular flexibility index (Phi) is 6.71. The number of rotatable bonds is 5. The summed E-state index contributed by atoms with van der Waals surface area (Å²) in [6.07, 6.45) is 3.62. The zero-order valence-electron chi connectivity index (χ0n) is 20.0. The Morgan fingerprint density at radius 2 is 1.78 bits per heavy atom. The standard InChI is InChI=1S/C27H29FN4O4/c28-19-6-3-5-17(15-19)16-32-26(35)20-7-4-9-22(23(20)27(32)36)31-13-10-18(11-14-31)24(33)30-21-8-1-2-12-29-25(21)34/h3-7,9,15,18,21H,1-2,8,10-14,16H2,(H,29,34)(H,30,33)/t21-/m0/s1. The molecule has 4 amide bonds. The lowest BCUT2D eigenvalue weighted by Gasteiger charge is -2.34. The molecule has 2 fully saturated rings. The number of hydrogen-bond donors (Lipinski definition) is 2. The molecule has 1 atom stereocenters. The van der Waals surface area contributed by atoms with Crippen molar-refractivity contribution in [3.05, 3.63) is 65.0 Å². The first-order valence-corrected chi connectivity index (χ1v) is 12.5. The summed E-state index contributed by atoms with van der Waals surface area (Å²) in [6.45, 7) is 1.75. The number of anilines is 1. The second-order valence-corrected chi connectivity index (χ2v) is 9.64. The molecule has 0 spiro atoms. The maximum absolute atomic E-state index is 13.6. The number of hydrogen-bond acceptors (Lipinski definition) is 5. The van der Waals surface area contributed by atoms with E-state index in [0.29, 0.717) is 61.3 Å². The fourth-order valence-electron chi connectivity index (χ4n) is 5.29. The topological polar surface area (TPSA) is 98.8 Å². The highest BCUT2D eigenvalue weighted by Crippen LogP contribution is 2.34. The van der Waals surface area contributed by atoms with Gasteiger partial charge in [0, 0.05) is 25.6 Å². The lowest BCUT2D eigenvalue weighted by atomic mass is 9.94. The first-order valence-electron chi connectivity index (χ1n) is 12.5. The van der Waals surface area contributed by atoms with E-state index < -0.39 is 23.7 Å². The van der Waals surface area contributed by atoms with Gasteiger partial charge in [-0.2, -0.15) is 0 Å². The van der Waals surface area contributed by atoms with Crippen LogP contribution < -0.4 is 15.5 Å². The van der Waals surface area contributed by atoms with Crippen molar-refractivity contribution in [3.8, 4) is 0 Å². The van der Waals surface area contributed by atoms with E-state index in [1.54, 1.807) is 24.3 Å². The van der Waals surface area contributed by atoms with E-state index >= 15 is 0 Å². The predicted octanol–water partition coefficient (Wildman–Crippen LogP) is 2.62. The van der Waals surface area contributed by atoms with Crippen molar-refractivity contribution in [2.75, 3.05) is 24.5 Å². The van der Waals surface area contributed by atoms with Gasteiger partial charge in [0.25, 0.3) is 11.8 Å². The molecule has 9 heteroatoms. The molecule has 0 aliphatic carbocycles. The molecule has 8 nitrogen and oxygen atoms in total. The molecule has 2 saturated heterocycles. The highest BCUT2D eigenvalue weighted by Gasteiger charge is 2.39. The van der Waals surface area contributed by atoms with Crippen LogP contribution in [-0.2, 0) is 16.1 Å². The number of nitrogens with zero attached hydrogens (tertiary/aromatic N) is 2. The molecule has 2 N–H and O–H groups in total. The Balaban J connectivity index is 1.26. The number of carbonyl (C=O) groups is 4. The van der Waals surface area contributed by atoms with Crippen molar-refractivity contribution in [2.24, 2.45) is 5.92 Å². The third-order valence-electron chi connectivity index (χ3n) is 7.26. The summed E-state index contributed by atoms with van der Waals surface area (Å²) >= 11 is 0. The van der Waals surface area contributed by atoms with Crippen molar-refractivity contribution in [1.82, 2.24) is 15.5 Å². The molecule has 0 saturated carbocycles. The largest absolute Gasteiger partial charge is 0.371 e. The molecule has 3 heterocycles. The van der Waals surface area contributed by atoms with E-state index in [9.17, 15) is 23.6 Å². The Morgan fingerprint density at radius 3 is 2.56 bits per heavy atom. The van der Waals surface area contributed by atoms with Crippen LogP contribution in [-0.4, -0.2) is 54.2 Å². The van der Waals surface area contributed by atoms with Gasteiger partial charge in [0.15, 0.2) is 0 Å². The SMILES string of the molecule is O=C(N[C@H]1CCCCNC1=O)C1CCN(c2cccc3c2C(=O)N(Cc2cccc(F)c2)C3=O)CC1. The Bertz CT molecular complexity index is 1210. The fraction of sp³-hybridized carbons (Fsp3) is 0.407. The van der Waals surface area contributed by atoms with E-state index in [2.05, 4.69) is 10.6 Å². The van der Waals surface area contributed by atoms with Gasteiger partial charge in [0.2, 0.25) is 11.8 Å². The van der Waals surface area contributed by atoms with Crippen molar-refractivity contribution in [3.63, 3.8) is 0 Å². The first-order chi connectivity index (χ1) is 17.4. The van der Waals surface area contributed by atoms with Crippen LogP contribution in [0.5, 0.6) is 0 Å². The molecule has 0 aromatic heterocycles. The number of imide groups is 1. The van der Waals surface area contributed by atoms with Crippen LogP contribution >= 0.6 is 0 Å². The quantitative estimate of drug-likeness (QED) is 0.626. The molecule has 188 valence electrons. The Morgan fingerprint density at radius 1 is 1.00 bits per heavy atom. The van der Waals surface area contributed by atoms with Crippen LogP contribution in [0.4, 0.5) is 10.1 Å². The Labute approximate surface area is 208 Å². The summed E-state index contributed by atoms with van der Waals surface area (Å²) in [6, 6.07) is 10.6. The molecule has 0 radical (unpaired) electrons. The maximum Gasteiger partial charge on any atom is 0.263 e. The lowest BCUT2D eigenvalue weighted by Crippen LogP contribution is -2.49. The molecule has 3 aliphatic rings. The van der Waals surface area contributed by atoms with Crippen molar-refractivity contribution >= 4 is 29.3 Å². The zero-order chi connectivity index (χ0) is 25.2. The summed E-state index contributed by atoms with van der Waals surface area (Å²) in [4.78, 5) is 54.5. The number of fused-ring (bicyclic) bond motifs is 1. The summed E-state index contributed by atoms with van der Waals surface area (Å²) in [5.41, 5.74) is 1.92. The fourth-order valence-corrected chi connectivity index (χ4v) is 5.29. The highest BCUT2D eigenvalue weighted by atomic mass is 19.1. The predicted molar refractivity (Wildman–Crippen MR) is 131 cm³/mol. The van der Waals surface area contributed by atoms with Crippen molar-refractivity contribution in [2.45, 2.75) is 44.7 Å². The van der Waals surface area contributed by atoms with Crippen LogP contribution in [0.1, 0.15) is 58.4 Å². The Hall–Kier alpha value is -3.75. The zero-order valence-corrected chi connectivity index (χ0v) is 20.0. The van der Waals surface area contributed by atoms with Crippen molar-refractivity contribution < 1.29 is 23.6 Å². The third kappa shape index (κ3) is 4.69. The number of piperidine rings is 1. The number of amides is 4. The van der Waals surface area contributed by atoms with Gasteiger partial charge in [-0.05, 0) is 61.9 Å². The number of halogens is 1. The van der Waals surface area contributed by atoms with Gasteiger partial charge in [0.05, 0.1) is 23.4 Å². The maximum atomic E-state index is 13.6. The van der Waals surface area contributed by atoms with Gasteiger partial charge in [-0.15, -0.1) is 0 Å². The molecule has 0 unspecified atom stereocenters. The van der Waals surface area contributed by atoms with E-state index in [4.69, 9.17) is 0 Å². The molecule has 36 heavy (non-hydrogen) atoms. The summed E-state index contributed by atoms with van der Waals surface area (Å²) in [5, 5.41) is 5.76. The third-order valence-corrected chi connectivity index (χ3v) is 7.26. The lowest BCUT2D eigenvalue weighted by molar-refractivity contribution is -0.131. The minimum Gasteiger partial charge on any atom is -0.371 e. The van der Waals surface area contributed by atoms with Gasteiger partial charge in [-0.1, -0.05) is 18.2 Å². The van der Waals surface area contributed by atoms with E-state index in [1.165, 1.54) is 12.1 Å². The number of benzene rings is 2. The van der Waals surface area contributed by atoms with E-state index in [0.717, 1.165) is 17.7 Å². The molecule has 2 aromatic rings. The number of carbonyl (C=O) groups excluding carboxylic acids is 4.